The highest BCUT2D eigenvalue weighted by Crippen LogP contribution is 2.31. The maximum absolute atomic E-state index is 13.0. The van der Waals surface area contributed by atoms with E-state index in [0.717, 1.165) is 30.5 Å². The number of hydrogen-bond donors (Lipinski definition) is 1. The molecule has 0 aromatic carbocycles. The molecular formula is C23H30N4O5. The Balaban J connectivity index is 1.40. The molecule has 4 amide bonds. The highest BCUT2D eigenvalue weighted by molar-refractivity contribution is 6.05. The van der Waals surface area contributed by atoms with Crippen molar-refractivity contribution in [2.75, 3.05) is 13.1 Å². The number of amides is 4. The van der Waals surface area contributed by atoms with Crippen LogP contribution < -0.4 is 5.32 Å². The largest absolute Gasteiger partial charge is 0.444 e. The lowest BCUT2D eigenvalue weighted by atomic mass is 9.90. The second-order valence-corrected chi connectivity index (χ2v) is 9.80. The number of fused-ring (bicyclic) bond motifs is 1. The van der Waals surface area contributed by atoms with Crippen LogP contribution >= 0.6 is 0 Å². The van der Waals surface area contributed by atoms with Crippen LogP contribution in [0.4, 0.5) is 4.79 Å². The zero-order chi connectivity index (χ0) is 23.0. The SMILES string of the molecule is CC(C)(C)OC(=O)N1CCC(Cc2nccc3c2CN(C2CCC(=O)NC2=O)C3=O)CC1. The Hall–Kier alpha value is -2.97. The quantitative estimate of drug-likeness (QED) is 0.718. The molecule has 1 aromatic heterocycles. The number of carbonyl (C=O) groups excluding carboxylic acids is 4. The summed E-state index contributed by atoms with van der Waals surface area (Å²) in [6.45, 7) is 7.18. The van der Waals surface area contributed by atoms with Crippen LogP contribution in [0.1, 0.15) is 68.1 Å². The molecule has 9 heteroatoms. The summed E-state index contributed by atoms with van der Waals surface area (Å²) >= 11 is 0. The summed E-state index contributed by atoms with van der Waals surface area (Å²) in [6.07, 6.45) is 4.36. The lowest BCUT2D eigenvalue weighted by Gasteiger charge is -2.33. The van der Waals surface area contributed by atoms with E-state index in [4.69, 9.17) is 4.74 Å². The highest BCUT2D eigenvalue weighted by Gasteiger charge is 2.40. The summed E-state index contributed by atoms with van der Waals surface area (Å²) in [5.41, 5.74) is 1.83. The van der Waals surface area contributed by atoms with Crippen molar-refractivity contribution >= 4 is 23.8 Å². The smallest absolute Gasteiger partial charge is 0.410 e. The summed E-state index contributed by atoms with van der Waals surface area (Å²) < 4.78 is 5.47. The number of ether oxygens (including phenoxy) is 1. The first-order valence-electron chi connectivity index (χ1n) is 11.2. The summed E-state index contributed by atoms with van der Waals surface area (Å²) in [4.78, 5) is 56.9. The van der Waals surface area contributed by atoms with E-state index in [2.05, 4.69) is 10.3 Å². The number of likely N-dealkylation sites (tertiary alicyclic amines) is 1. The van der Waals surface area contributed by atoms with Crippen molar-refractivity contribution in [1.82, 2.24) is 20.1 Å². The minimum Gasteiger partial charge on any atom is -0.444 e. The number of nitrogens with one attached hydrogen (secondary N) is 1. The van der Waals surface area contributed by atoms with Crippen molar-refractivity contribution in [3.63, 3.8) is 0 Å². The number of piperidine rings is 2. The Bertz CT molecular complexity index is 946. The Labute approximate surface area is 187 Å². The van der Waals surface area contributed by atoms with Gasteiger partial charge in [0.05, 0.1) is 0 Å². The molecule has 172 valence electrons. The van der Waals surface area contributed by atoms with Gasteiger partial charge in [0.1, 0.15) is 11.6 Å². The molecule has 4 heterocycles. The molecule has 3 aliphatic rings. The van der Waals surface area contributed by atoms with Gasteiger partial charge in [0, 0.05) is 49.1 Å². The molecule has 0 spiro atoms. The van der Waals surface area contributed by atoms with Crippen molar-refractivity contribution in [2.45, 2.75) is 71.1 Å². The van der Waals surface area contributed by atoms with Gasteiger partial charge in [0.2, 0.25) is 11.8 Å². The topological polar surface area (TPSA) is 109 Å². The van der Waals surface area contributed by atoms with Gasteiger partial charge in [-0.1, -0.05) is 0 Å². The summed E-state index contributed by atoms with van der Waals surface area (Å²) in [5.74, 6) is -0.535. The molecule has 1 atom stereocenters. The first-order chi connectivity index (χ1) is 15.1. The van der Waals surface area contributed by atoms with E-state index in [0.29, 0.717) is 37.5 Å². The standard InChI is InChI=1S/C23H30N4O5/c1-23(2,3)32-22(31)26-10-7-14(8-11-26)12-17-16-13-27(21(30)15(16)6-9-24-17)18-4-5-19(28)25-20(18)29/h6,9,14,18H,4-5,7-8,10-13H2,1-3H3,(H,25,28,29). The molecule has 32 heavy (non-hydrogen) atoms. The molecule has 4 rings (SSSR count). The van der Waals surface area contributed by atoms with Crippen LogP contribution in [-0.2, 0) is 27.3 Å². The second-order valence-electron chi connectivity index (χ2n) is 9.80. The maximum Gasteiger partial charge on any atom is 0.410 e. The molecule has 2 fully saturated rings. The Morgan fingerprint density at radius 2 is 1.91 bits per heavy atom. The van der Waals surface area contributed by atoms with E-state index >= 15 is 0 Å². The van der Waals surface area contributed by atoms with Gasteiger partial charge < -0.3 is 14.5 Å². The first-order valence-corrected chi connectivity index (χ1v) is 11.2. The molecule has 1 N–H and O–H groups in total. The van der Waals surface area contributed by atoms with Gasteiger partial charge >= 0.3 is 6.09 Å². The third-order valence-electron chi connectivity index (χ3n) is 6.30. The van der Waals surface area contributed by atoms with Crippen LogP contribution in [0.2, 0.25) is 0 Å². The van der Waals surface area contributed by atoms with Crippen LogP contribution in [-0.4, -0.2) is 63.3 Å². The van der Waals surface area contributed by atoms with Crippen molar-refractivity contribution in [3.8, 4) is 0 Å². The van der Waals surface area contributed by atoms with Crippen LogP contribution in [0.5, 0.6) is 0 Å². The Kier molecular flexibility index (Phi) is 5.92. The van der Waals surface area contributed by atoms with E-state index in [-0.39, 0.29) is 24.3 Å². The van der Waals surface area contributed by atoms with Crippen LogP contribution in [0.15, 0.2) is 12.3 Å². The van der Waals surface area contributed by atoms with E-state index in [9.17, 15) is 19.2 Å². The maximum atomic E-state index is 13.0. The fourth-order valence-electron chi connectivity index (χ4n) is 4.64. The molecule has 0 saturated carbocycles. The average Bonchev–Trinajstić information content (AvgIpc) is 3.05. The van der Waals surface area contributed by atoms with E-state index in [1.807, 2.05) is 20.8 Å². The van der Waals surface area contributed by atoms with Gasteiger partial charge in [-0.2, -0.15) is 0 Å². The van der Waals surface area contributed by atoms with Gasteiger partial charge in [-0.25, -0.2) is 4.79 Å². The number of aromatic nitrogens is 1. The van der Waals surface area contributed by atoms with Gasteiger partial charge in [0.25, 0.3) is 5.91 Å². The third-order valence-corrected chi connectivity index (χ3v) is 6.30. The fraction of sp³-hybridized carbons (Fsp3) is 0.609. The van der Waals surface area contributed by atoms with Gasteiger partial charge in [-0.3, -0.25) is 24.7 Å². The minimum atomic E-state index is -0.627. The third kappa shape index (κ3) is 4.61. The van der Waals surface area contributed by atoms with Crippen molar-refractivity contribution in [3.05, 3.63) is 29.1 Å². The fourth-order valence-corrected chi connectivity index (χ4v) is 4.64. The zero-order valence-electron chi connectivity index (χ0n) is 18.8. The van der Waals surface area contributed by atoms with Crippen molar-refractivity contribution < 1.29 is 23.9 Å². The number of imide groups is 1. The number of pyridine rings is 1. The molecule has 0 bridgehead atoms. The van der Waals surface area contributed by atoms with Crippen molar-refractivity contribution in [1.29, 1.82) is 0 Å². The van der Waals surface area contributed by atoms with Crippen LogP contribution in [0, 0.1) is 5.92 Å². The van der Waals surface area contributed by atoms with Crippen LogP contribution in [0.3, 0.4) is 0 Å². The van der Waals surface area contributed by atoms with Crippen molar-refractivity contribution in [2.24, 2.45) is 5.92 Å². The van der Waals surface area contributed by atoms with Gasteiger partial charge in [0.15, 0.2) is 0 Å². The molecule has 1 unspecified atom stereocenters. The number of hydrogen-bond acceptors (Lipinski definition) is 6. The molecule has 9 nitrogen and oxygen atoms in total. The van der Waals surface area contributed by atoms with Gasteiger partial charge in [-0.05, 0) is 58.4 Å². The molecular weight excluding hydrogens is 412 g/mol. The van der Waals surface area contributed by atoms with Crippen LogP contribution in [0.25, 0.3) is 0 Å². The lowest BCUT2D eigenvalue weighted by Crippen LogP contribution is -2.52. The molecule has 1 aromatic rings. The second kappa shape index (κ2) is 8.52. The number of carbonyl (C=O) groups is 4. The molecule has 3 aliphatic heterocycles. The minimum absolute atomic E-state index is 0.183. The number of rotatable bonds is 3. The Morgan fingerprint density at radius 3 is 2.56 bits per heavy atom. The Morgan fingerprint density at radius 1 is 1.19 bits per heavy atom. The van der Waals surface area contributed by atoms with E-state index in [1.165, 1.54) is 0 Å². The zero-order valence-corrected chi connectivity index (χ0v) is 18.8. The van der Waals surface area contributed by atoms with E-state index in [1.54, 1.807) is 22.1 Å². The number of nitrogens with zero attached hydrogens (tertiary/aromatic N) is 3. The molecule has 0 radical (unpaired) electrons. The first kappa shape index (κ1) is 22.2. The molecule has 2 saturated heterocycles. The normalized spacial score (nSPS) is 22.1. The van der Waals surface area contributed by atoms with Gasteiger partial charge in [-0.15, -0.1) is 0 Å². The van der Waals surface area contributed by atoms with E-state index < -0.39 is 17.6 Å². The predicted octanol–water partition coefficient (Wildman–Crippen LogP) is 2.03. The highest BCUT2D eigenvalue weighted by atomic mass is 16.6. The summed E-state index contributed by atoms with van der Waals surface area (Å²) in [5, 5.41) is 2.33. The average molecular weight is 443 g/mol. The lowest BCUT2D eigenvalue weighted by molar-refractivity contribution is -0.136. The monoisotopic (exact) mass is 442 g/mol. The summed E-state index contributed by atoms with van der Waals surface area (Å²) in [6, 6.07) is 1.08. The molecule has 0 aliphatic carbocycles. The predicted molar refractivity (Wildman–Crippen MR) is 115 cm³/mol. The summed E-state index contributed by atoms with van der Waals surface area (Å²) in [7, 11) is 0.